The number of halogens is 1. The van der Waals surface area contributed by atoms with E-state index in [1.165, 1.54) is 18.3 Å². The molecule has 1 aromatic heterocycles. The molecule has 2 amide bonds. The quantitative estimate of drug-likeness (QED) is 0.133. The first-order valence-electron chi connectivity index (χ1n) is 12.1. The number of furan rings is 1. The molecule has 0 unspecified atom stereocenters. The molecular weight excluding hydrogens is 550 g/mol. The molecule has 3 aliphatic carbocycles. The van der Waals surface area contributed by atoms with Crippen molar-refractivity contribution < 1.29 is 18.9 Å². The van der Waals surface area contributed by atoms with Crippen LogP contribution >= 0.6 is 15.9 Å². The van der Waals surface area contributed by atoms with Gasteiger partial charge in [0.1, 0.15) is 11.5 Å². The Kier molecular flexibility index (Phi) is 4.99. The second kappa shape index (κ2) is 8.32. The highest BCUT2D eigenvalue weighted by atomic mass is 79.9. The number of carbonyl (C=O) groups is 2. The predicted molar refractivity (Wildman–Crippen MR) is 141 cm³/mol. The number of imide groups is 1. The molecule has 1 saturated heterocycles. The lowest BCUT2D eigenvalue weighted by molar-refractivity contribution is -0.384. The van der Waals surface area contributed by atoms with Crippen LogP contribution in [0.25, 0.3) is 11.3 Å². The monoisotopic (exact) mass is 567 g/mol. The lowest BCUT2D eigenvalue weighted by Gasteiger charge is -2.45. The van der Waals surface area contributed by atoms with Gasteiger partial charge in [0.25, 0.3) is 17.5 Å². The molecule has 1 aliphatic heterocycles. The smallest absolute Gasteiger partial charge is 0.270 e. The fourth-order valence-electron chi connectivity index (χ4n) is 6.27. The first-order valence-corrected chi connectivity index (χ1v) is 12.9. The molecule has 186 valence electrons. The van der Waals surface area contributed by atoms with Crippen molar-refractivity contribution in [1.29, 1.82) is 0 Å². The standard InChI is InChI=1S/C29H18BrN3O5/c30-22-13-15(33(36)37)9-11-21(22)23-12-10-16(38-23)14-31-32-28(34)26-24-17-5-1-2-6-18(17)25(27(26)29(32)35)20-8-4-3-7-19(20)24/h1-14,24-27H/b31-14-/t24?,25?,26-,27-/m0/s1. The third-order valence-corrected chi connectivity index (χ3v) is 8.44. The van der Waals surface area contributed by atoms with Crippen molar-refractivity contribution in [3.8, 4) is 11.3 Å². The fourth-order valence-corrected chi connectivity index (χ4v) is 6.84. The summed E-state index contributed by atoms with van der Waals surface area (Å²) in [7, 11) is 0. The molecule has 9 heteroatoms. The molecule has 2 bridgehead atoms. The normalized spacial score (nSPS) is 23.0. The molecule has 0 N–H and O–H groups in total. The van der Waals surface area contributed by atoms with Crippen molar-refractivity contribution in [3.05, 3.63) is 121 Å². The number of nitro benzene ring substituents is 1. The third kappa shape index (κ3) is 3.18. The van der Waals surface area contributed by atoms with Crippen molar-refractivity contribution in [1.82, 2.24) is 5.01 Å². The van der Waals surface area contributed by atoms with E-state index in [2.05, 4.69) is 45.3 Å². The molecule has 38 heavy (non-hydrogen) atoms. The molecule has 0 spiro atoms. The van der Waals surface area contributed by atoms with E-state index in [4.69, 9.17) is 4.42 Å². The van der Waals surface area contributed by atoms with E-state index in [-0.39, 0.29) is 29.3 Å². The minimum Gasteiger partial charge on any atom is -0.455 e. The van der Waals surface area contributed by atoms with E-state index >= 15 is 0 Å². The first kappa shape index (κ1) is 22.8. The number of non-ortho nitro benzene ring substituents is 1. The van der Waals surface area contributed by atoms with Crippen LogP contribution in [0.4, 0.5) is 5.69 Å². The highest BCUT2D eigenvalue weighted by molar-refractivity contribution is 9.10. The summed E-state index contributed by atoms with van der Waals surface area (Å²) >= 11 is 3.35. The van der Waals surface area contributed by atoms with Gasteiger partial charge in [-0.1, -0.05) is 48.5 Å². The summed E-state index contributed by atoms with van der Waals surface area (Å²) in [6, 6.07) is 23.9. The maximum absolute atomic E-state index is 13.6. The molecule has 0 radical (unpaired) electrons. The van der Waals surface area contributed by atoms with E-state index in [1.54, 1.807) is 18.2 Å². The van der Waals surface area contributed by atoms with Crippen LogP contribution in [0.3, 0.4) is 0 Å². The van der Waals surface area contributed by atoms with Gasteiger partial charge in [0.15, 0.2) is 0 Å². The second-order valence-electron chi connectivity index (χ2n) is 9.62. The van der Waals surface area contributed by atoms with Crippen LogP contribution in [0.5, 0.6) is 0 Å². The van der Waals surface area contributed by atoms with Gasteiger partial charge in [-0.15, -0.1) is 0 Å². The summed E-state index contributed by atoms with van der Waals surface area (Å²) in [5.74, 6) is -1.19. The number of rotatable bonds is 4. The molecule has 4 aliphatic rings. The van der Waals surface area contributed by atoms with E-state index < -0.39 is 16.8 Å². The SMILES string of the molecule is O=C1[C@H]2C3c4ccccc4C(c4ccccc43)[C@@H]2C(=O)N1/N=C\c1ccc(-c2ccc([N+](=O)[O-])cc2Br)o1. The summed E-state index contributed by atoms with van der Waals surface area (Å²) in [5, 5.41) is 16.3. The van der Waals surface area contributed by atoms with Gasteiger partial charge in [-0.05, 0) is 56.4 Å². The third-order valence-electron chi connectivity index (χ3n) is 7.78. The van der Waals surface area contributed by atoms with Gasteiger partial charge in [-0.3, -0.25) is 19.7 Å². The Balaban J connectivity index is 1.21. The van der Waals surface area contributed by atoms with Gasteiger partial charge in [-0.2, -0.15) is 10.1 Å². The van der Waals surface area contributed by atoms with Crippen molar-refractivity contribution in [2.75, 3.05) is 0 Å². The minimum absolute atomic E-state index is 0.0419. The topological polar surface area (TPSA) is 106 Å². The predicted octanol–water partition coefficient (Wildman–Crippen LogP) is 5.84. The van der Waals surface area contributed by atoms with Crippen LogP contribution in [0.15, 0.2) is 92.9 Å². The van der Waals surface area contributed by atoms with Gasteiger partial charge in [0.2, 0.25) is 0 Å². The van der Waals surface area contributed by atoms with Crippen LogP contribution in [-0.2, 0) is 9.59 Å². The van der Waals surface area contributed by atoms with Crippen molar-refractivity contribution in [3.63, 3.8) is 0 Å². The van der Waals surface area contributed by atoms with E-state index in [0.717, 1.165) is 27.3 Å². The molecule has 0 saturated carbocycles. The largest absolute Gasteiger partial charge is 0.455 e. The summed E-state index contributed by atoms with van der Waals surface area (Å²) in [6.07, 6.45) is 1.36. The Morgan fingerprint density at radius 1 is 0.842 bits per heavy atom. The molecule has 8 rings (SSSR count). The molecular formula is C29H18BrN3O5. The van der Waals surface area contributed by atoms with Crippen LogP contribution in [0.1, 0.15) is 39.8 Å². The van der Waals surface area contributed by atoms with Gasteiger partial charge >= 0.3 is 0 Å². The van der Waals surface area contributed by atoms with Crippen molar-refractivity contribution in [2.45, 2.75) is 11.8 Å². The molecule has 3 aromatic carbocycles. The number of amides is 2. The zero-order valence-electron chi connectivity index (χ0n) is 19.7. The zero-order valence-corrected chi connectivity index (χ0v) is 21.2. The Labute approximate surface area is 224 Å². The maximum Gasteiger partial charge on any atom is 0.270 e. The van der Waals surface area contributed by atoms with Gasteiger partial charge in [0.05, 0.1) is 23.0 Å². The minimum atomic E-state index is -0.502. The molecule has 2 heterocycles. The van der Waals surface area contributed by atoms with Crippen LogP contribution in [0.2, 0.25) is 0 Å². The summed E-state index contributed by atoms with van der Waals surface area (Å²) < 4.78 is 6.36. The maximum atomic E-state index is 13.6. The highest BCUT2D eigenvalue weighted by Crippen LogP contribution is 2.60. The number of nitro groups is 1. The number of benzene rings is 3. The summed E-state index contributed by atoms with van der Waals surface area (Å²) in [5.41, 5.74) is 5.01. The number of carbonyl (C=O) groups excluding carboxylic acids is 2. The van der Waals surface area contributed by atoms with Crippen LogP contribution in [-0.4, -0.2) is 28.0 Å². The fraction of sp³-hybridized carbons (Fsp3) is 0.138. The van der Waals surface area contributed by atoms with E-state index in [1.807, 2.05) is 24.3 Å². The number of hydrogen-bond acceptors (Lipinski definition) is 6. The molecule has 2 atom stereocenters. The molecule has 1 fully saturated rings. The van der Waals surface area contributed by atoms with Crippen molar-refractivity contribution in [2.24, 2.45) is 16.9 Å². The lowest BCUT2D eigenvalue weighted by Crippen LogP contribution is -2.41. The lowest BCUT2D eigenvalue weighted by atomic mass is 9.55. The first-order chi connectivity index (χ1) is 18.4. The number of hydrogen-bond donors (Lipinski definition) is 0. The second-order valence-corrected chi connectivity index (χ2v) is 10.5. The van der Waals surface area contributed by atoms with Crippen LogP contribution in [0, 0.1) is 22.0 Å². The molecule has 4 aromatic rings. The van der Waals surface area contributed by atoms with Gasteiger partial charge < -0.3 is 4.42 Å². The Morgan fingerprint density at radius 3 is 1.89 bits per heavy atom. The summed E-state index contributed by atoms with van der Waals surface area (Å²) in [4.78, 5) is 37.8. The van der Waals surface area contributed by atoms with Crippen molar-refractivity contribution >= 4 is 39.6 Å². The zero-order chi connectivity index (χ0) is 26.1. The van der Waals surface area contributed by atoms with E-state index in [9.17, 15) is 19.7 Å². The Hall–Kier alpha value is -4.37. The average molecular weight is 568 g/mol. The number of nitrogens with zero attached hydrogens (tertiary/aromatic N) is 3. The number of hydrazone groups is 1. The average Bonchev–Trinajstić information content (AvgIpc) is 3.50. The van der Waals surface area contributed by atoms with Gasteiger partial charge in [-0.25, -0.2) is 0 Å². The Bertz CT molecular complexity index is 1590. The van der Waals surface area contributed by atoms with Gasteiger partial charge in [0, 0.05) is 34.0 Å². The van der Waals surface area contributed by atoms with Crippen LogP contribution < -0.4 is 0 Å². The Morgan fingerprint density at radius 2 is 1.39 bits per heavy atom. The highest BCUT2D eigenvalue weighted by Gasteiger charge is 2.61. The molecule has 8 nitrogen and oxygen atoms in total. The summed E-state index contributed by atoms with van der Waals surface area (Å²) in [6.45, 7) is 0. The van der Waals surface area contributed by atoms with E-state index in [0.29, 0.717) is 21.6 Å².